The van der Waals surface area contributed by atoms with Crippen LogP contribution in [0.2, 0.25) is 0 Å². The first-order chi connectivity index (χ1) is 4.18. The number of hydrogen-bond donors (Lipinski definition) is 1. The summed E-state index contributed by atoms with van der Waals surface area (Å²) in [6.45, 7) is 3.31. The van der Waals surface area contributed by atoms with Gasteiger partial charge in [-0.15, -0.1) is 0 Å². The van der Waals surface area contributed by atoms with Crippen molar-refractivity contribution in [3.63, 3.8) is 0 Å². The van der Waals surface area contributed by atoms with Crippen LogP contribution >= 0.6 is 0 Å². The van der Waals surface area contributed by atoms with Crippen molar-refractivity contribution in [1.29, 1.82) is 0 Å². The van der Waals surface area contributed by atoms with E-state index >= 15 is 0 Å². The van der Waals surface area contributed by atoms with Gasteiger partial charge in [0.05, 0.1) is 12.8 Å². The van der Waals surface area contributed by atoms with Crippen molar-refractivity contribution in [3.05, 3.63) is 0 Å². The predicted octanol–water partition coefficient (Wildman–Crippen LogP) is -0.131. The molecule has 0 aromatic carbocycles. The Kier molecular flexibility index (Phi) is 4.67. The molecule has 0 aromatic rings. The molecule has 0 bridgehead atoms. The highest BCUT2D eigenvalue weighted by atomic mass is 16.5. The van der Waals surface area contributed by atoms with Crippen molar-refractivity contribution in [2.24, 2.45) is 5.73 Å². The van der Waals surface area contributed by atoms with E-state index < -0.39 is 0 Å². The van der Waals surface area contributed by atoms with Crippen molar-refractivity contribution in [2.75, 3.05) is 27.3 Å². The van der Waals surface area contributed by atoms with Crippen molar-refractivity contribution in [3.8, 4) is 0 Å². The highest BCUT2D eigenvalue weighted by Gasteiger charge is 2.02. The third-order valence-corrected chi connectivity index (χ3v) is 1.16. The summed E-state index contributed by atoms with van der Waals surface area (Å²) in [5.41, 5.74) is 5.60. The average Bonchev–Trinajstić information content (AvgIpc) is 1.82. The zero-order chi connectivity index (χ0) is 7.28. The van der Waals surface area contributed by atoms with Gasteiger partial charge in [0.1, 0.15) is 0 Å². The van der Waals surface area contributed by atoms with Gasteiger partial charge in [-0.2, -0.15) is 0 Å². The molecule has 0 spiro atoms. The molecule has 0 fully saturated rings. The second-order valence-corrected chi connectivity index (χ2v) is 2.19. The zero-order valence-electron chi connectivity index (χ0n) is 6.42. The Morgan fingerprint density at radius 2 is 2.11 bits per heavy atom. The van der Waals surface area contributed by atoms with Gasteiger partial charge in [-0.3, -0.25) is 4.90 Å². The summed E-state index contributed by atoms with van der Waals surface area (Å²) in [6.07, 6.45) is 0.0324. The second-order valence-electron chi connectivity index (χ2n) is 2.19. The summed E-state index contributed by atoms with van der Waals surface area (Å²) < 4.78 is 5.09. The van der Waals surface area contributed by atoms with Crippen LogP contribution in [0.5, 0.6) is 0 Å². The molecule has 0 aromatic heterocycles. The largest absolute Gasteiger partial charge is 0.379 e. The molecule has 0 saturated carbocycles. The standard InChI is InChI=1S/C6H16N2O/c1-4-9-5-6(7)8(2)3/h6H,4-5,7H2,1-3H3. The van der Waals surface area contributed by atoms with E-state index in [1.54, 1.807) is 0 Å². The van der Waals surface area contributed by atoms with E-state index in [1.807, 2.05) is 25.9 Å². The minimum absolute atomic E-state index is 0.0324. The van der Waals surface area contributed by atoms with E-state index in [2.05, 4.69) is 0 Å². The molecular formula is C6H16N2O. The molecule has 56 valence electrons. The average molecular weight is 132 g/mol. The number of nitrogens with two attached hydrogens (primary N) is 1. The number of likely N-dealkylation sites (N-methyl/N-ethyl adjacent to an activating group) is 1. The fourth-order valence-electron chi connectivity index (χ4n) is 0.388. The number of nitrogens with zero attached hydrogens (tertiary/aromatic N) is 1. The molecule has 3 heteroatoms. The molecular weight excluding hydrogens is 116 g/mol. The zero-order valence-corrected chi connectivity index (χ0v) is 6.42. The van der Waals surface area contributed by atoms with Crippen LogP contribution in [0.15, 0.2) is 0 Å². The Hall–Kier alpha value is -0.120. The molecule has 0 radical (unpaired) electrons. The summed E-state index contributed by atoms with van der Waals surface area (Å²) in [4.78, 5) is 1.93. The Labute approximate surface area is 56.8 Å². The van der Waals surface area contributed by atoms with Gasteiger partial charge in [-0.25, -0.2) is 0 Å². The van der Waals surface area contributed by atoms with Crippen molar-refractivity contribution >= 4 is 0 Å². The Morgan fingerprint density at radius 1 is 1.56 bits per heavy atom. The molecule has 0 heterocycles. The molecule has 0 rings (SSSR count). The molecule has 3 nitrogen and oxygen atoms in total. The van der Waals surface area contributed by atoms with Gasteiger partial charge in [0.15, 0.2) is 0 Å². The second kappa shape index (κ2) is 4.73. The lowest BCUT2D eigenvalue weighted by molar-refractivity contribution is 0.0904. The third-order valence-electron chi connectivity index (χ3n) is 1.16. The molecule has 0 amide bonds. The molecule has 0 saturated heterocycles. The van der Waals surface area contributed by atoms with E-state index in [-0.39, 0.29) is 6.17 Å². The molecule has 9 heavy (non-hydrogen) atoms. The summed E-state index contributed by atoms with van der Waals surface area (Å²) in [5.74, 6) is 0. The fraction of sp³-hybridized carbons (Fsp3) is 1.00. The lowest BCUT2D eigenvalue weighted by Gasteiger charge is -2.18. The molecule has 0 aliphatic heterocycles. The summed E-state index contributed by atoms with van der Waals surface area (Å²) >= 11 is 0. The molecule has 1 unspecified atom stereocenters. The maximum Gasteiger partial charge on any atom is 0.0808 e. The van der Waals surface area contributed by atoms with Crippen LogP contribution in [-0.2, 0) is 4.74 Å². The third kappa shape index (κ3) is 4.39. The first kappa shape index (κ1) is 8.88. The van der Waals surface area contributed by atoms with Crippen molar-refractivity contribution < 1.29 is 4.74 Å². The minimum atomic E-state index is 0.0324. The van der Waals surface area contributed by atoms with Gasteiger partial charge in [-0.05, 0) is 21.0 Å². The van der Waals surface area contributed by atoms with Crippen molar-refractivity contribution in [1.82, 2.24) is 4.90 Å². The topological polar surface area (TPSA) is 38.5 Å². The molecule has 1 atom stereocenters. The van der Waals surface area contributed by atoms with Crippen LogP contribution in [0, 0.1) is 0 Å². The van der Waals surface area contributed by atoms with Gasteiger partial charge in [0, 0.05) is 6.61 Å². The first-order valence-corrected chi connectivity index (χ1v) is 3.18. The predicted molar refractivity (Wildman–Crippen MR) is 38.2 cm³/mol. The van der Waals surface area contributed by atoms with Gasteiger partial charge < -0.3 is 10.5 Å². The smallest absolute Gasteiger partial charge is 0.0808 e. The highest BCUT2D eigenvalue weighted by molar-refractivity contribution is 4.53. The van der Waals surface area contributed by atoms with Gasteiger partial charge in [-0.1, -0.05) is 0 Å². The Bertz CT molecular complexity index is 66.1. The Morgan fingerprint density at radius 3 is 2.44 bits per heavy atom. The van der Waals surface area contributed by atoms with E-state index in [0.717, 1.165) is 6.61 Å². The van der Waals surface area contributed by atoms with Crippen LogP contribution < -0.4 is 5.73 Å². The lowest BCUT2D eigenvalue weighted by Crippen LogP contribution is -2.40. The number of ether oxygens (including phenoxy) is 1. The van der Waals surface area contributed by atoms with E-state index in [0.29, 0.717) is 6.61 Å². The normalized spacial score (nSPS) is 14.3. The Balaban J connectivity index is 3.16. The van der Waals surface area contributed by atoms with Crippen LogP contribution in [0.25, 0.3) is 0 Å². The van der Waals surface area contributed by atoms with E-state index in [1.165, 1.54) is 0 Å². The first-order valence-electron chi connectivity index (χ1n) is 3.18. The van der Waals surface area contributed by atoms with Gasteiger partial charge in [0.25, 0.3) is 0 Å². The fourth-order valence-corrected chi connectivity index (χ4v) is 0.388. The minimum Gasteiger partial charge on any atom is -0.379 e. The van der Waals surface area contributed by atoms with Crippen LogP contribution in [0.4, 0.5) is 0 Å². The number of hydrogen-bond acceptors (Lipinski definition) is 3. The molecule has 0 aliphatic rings. The van der Waals surface area contributed by atoms with E-state index in [4.69, 9.17) is 10.5 Å². The maximum atomic E-state index is 5.60. The van der Waals surface area contributed by atoms with Gasteiger partial charge in [0.2, 0.25) is 0 Å². The maximum absolute atomic E-state index is 5.60. The quantitative estimate of drug-likeness (QED) is 0.541. The van der Waals surface area contributed by atoms with Gasteiger partial charge >= 0.3 is 0 Å². The van der Waals surface area contributed by atoms with E-state index in [9.17, 15) is 0 Å². The summed E-state index contributed by atoms with van der Waals surface area (Å²) in [5, 5.41) is 0. The van der Waals surface area contributed by atoms with Crippen LogP contribution in [0.1, 0.15) is 6.92 Å². The van der Waals surface area contributed by atoms with Crippen molar-refractivity contribution in [2.45, 2.75) is 13.1 Å². The number of rotatable bonds is 4. The highest BCUT2D eigenvalue weighted by Crippen LogP contribution is 1.84. The monoisotopic (exact) mass is 132 g/mol. The molecule has 2 N–H and O–H groups in total. The SMILES string of the molecule is CCOCC(N)N(C)C. The van der Waals surface area contributed by atoms with Crippen LogP contribution in [-0.4, -0.2) is 38.4 Å². The van der Waals surface area contributed by atoms with Crippen LogP contribution in [0.3, 0.4) is 0 Å². The molecule has 0 aliphatic carbocycles. The lowest BCUT2D eigenvalue weighted by atomic mass is 10.5. The summed E-state index contributed by atoms with van der Waals surface area (Å²) in [7, 11) is 3.87. The summed E-state index contributed by atoms with van der Waals surface area (Å²) in [6, 6.07) is 0.